The molecule has 1 saturated heterocycles. The van der Waals surface area contributed by atoms with Gasteiger partial charge in [-0.2, -0.15) is 0 Å². The highest BCUT2D eigenvalue weighted by Gasteiger charge is 2.43. The SMILES string of the molecule is C[C@@H](NC[C@@H]1COC2(CCCC2)O1)c1cccc2ccccc12. The molecule has 2 aromatic carbocycles. The fourth-order valence-electron chi connectivity index (χ4n) is 3.94. The maximum absolute atomic E-state index is 6.20. The molecule has 3 nitrogen and oxygen atoms in total. The van der Waals surface area contributed by atoms with E-state index in [1.165, 1.54) is 29.2 Å². The van der Waals surface area contributed by atoms with Crippen LogP contribution in [0.15, 0.2) is 42.5 Å². The summed E-state index contributed by atoms with van der Waals surface area (Å²) in [5.74, 6) is -0.255. The third kappa shape index (κ3) is 3.01. The first kappa shape index (κ1) is 15.1. The third-order valence-corrected chi connectivity index (χ3v) is 5.22. The van der Waals surface area contributed by atoms with Crippen LogP contribution in [0.2, 0.25) is 0 Å². The molecule has 2 aliphatic rings. The normalized spacial score (nSPS) is 24.5. The van der Waals surface area contributed by atoms with Gasteiger partial charge in [-0.15, -0.1) is 0 Å². The van der Waals surface area contributed by atoms with Crippen molar-refractivity contribution in [3.63, 3.8) is 0 Å². The first-order chi connectivity index (χ1) is 11.3. The molecule has 1 N–H and O–H groups in total. The lowest BCUT2D eigenvalue weighted by molar-refractivity contribution is -0.161. The first-order valence-corrected chi connectivity index (χ1v) is 8.79. The molecule has 2 fully saturated rings. The number of ether oxygens (including phenoxy) is 2. The van der Waals surface area contributed by atoms with Gasteiger partial charge in [0.15, 0.2) is 5.79 Å². The zero-order chi connectivity index (χ0) is 15.7. The van der Waals surface area contributed by atoms with Gasteiger partial charge in [-0.1, -0.05) is 42.5 Å². The minimum absolute atomic E-state index is 0.172. The number of fused-ring (bicyclic) bond motifs is 1. The molecule has 3 heteroatoms. The highest BCUT2D eigenvalue weighted by molar-refractivity contribution is 5.86. The van der Waals surface area contributed by atoms with Crippen molar-refractivity contribution in [2.75, 3.05) is 13.2 Å². The van der Waals surface area contributed by atoms with E-state index >= 15 is 0 Å². The predicted molar refractivity (Wildman–Crippen MR) is 92.4 cm³/mol. The maximum atomic E-state index is 6.20. The Morgan fingerprint density at radius 1 is 1.13 bits per heavy atom. The molecule has 2 atom stereocenters. The molecular weight excluding hydrogens is 286 g/mol. The lowest BCUT2D eigenvalue weighted by Gasteiger charge is -2.23. The largest absolute Gasteiger partial charge is 0.347 e. The van der Waals surface area contributed by atoms with Gasteiger partial charge in [-0.25, -0.2) is 0 Å². The van der Waals surface area contributed by atoms with Crippen molar-refractivity contribution in [3.8, 4) is 0 Å². The monoisotopic (exact) mass is 311 g/mol. The van der Waals surface area contributed by atoms with E-state index in [1.807, 2.05) is 0 Å². The van der Waals surface area contributed by atoms with Gasteiger partial charge < -0.3 is 14.8 Å². The van der Waals surface area contributed by atoms with E-state index in [2.05, 4.69) is 54.7 Å². The third-order valence-electron chi connectivity index (χ3n) is 5.22. The van der Waals surface area contributed by atoms with E-state index in [0.29, 0.717) is 6.04 Å². The summed E-state index contributed by atoms with van der Waals surface area (Å²) in [6.07, 6.45) is 4.75. The van der Waals surface area contributed by atoms with Gasteiger partial charge in [-0.05, 0) is 36.1 Å². The summed E-state index contributed by atoms with van der Waals surface area (Å²) in [6.45, 7) is 3.78. The molecule has 0 unspecified atom stereocenters. The fourth-order valence-corrected chi connectivity index (χ4v) is 3.94. The minimum Gasteiger partial charge on any atom is -0.347 e. The van der Waals surface area contributed by atoms with Crippen LogP contribution in [0, 0.1) is 0 Å². The number of rotatable bonds is 4. The summed E-state index contributed by atoms with van der Waals surface area (Å²) < 4.78 is 12.2. The Morgan fingerprint density at radius 2 is 1.91 bits per heavy atom. The average Bonchev–Trinajstić information content (AvgIpc) is 3.22. The average molecular weight is 311 g/mol. The van der Waals surface area contributed by atoms with Crippen LogP contribution in [0.25, 0.3) is 10.8 Å². The van der Waals surface area contributed by atoms with Crippen molar-refractivity contribution in [2.45, 2.75) is 50.5 Å². The summed E-state index contributed by atoms with van der Waals surface area (Å²) in [5, 5.41) is 6.25. The Labute approximate surface area is 138 Å². The predicted octanol–water partition coefficient (Wildman–Crippen LogP) is 4.18. The van der Waals surface area contributed by atoms with Gasteiger partial charge in [0, 0.05) is 25.4 Å². The number of nitrogens with one attached hydrogen (secondary N) is 1. The maximum Gasteiger partial charge on any atom is 0.168 e. The molecule has 0 aromatic heterocycles. The van der Waals surface area contributed by atoms with E-state index in [-0.39, 0.29) is 11.9 Å². The number of hydrogen-bond donors (Lipinski definition) is 1. The van der Waals surface area contributed by atoms with Gasteiger partial charge in [-0.3, -0.25) is 0 Å². The van der Waals surface area contributed by atoms with Crippen LogP contribution in [0.1, 0.15) is 44.2 Å². The quantitative estimate of drug-likeness (QED) is 0.919. The lowest BCUT2D eigenvalue weighted by Crippen LogP contribution is -2.33. The van der Waals surface area contributed by atoms with Gasteiger partial charge in [0.1, 0.15) is 0 Å². The summed E-state index contributed by atoms with van der Waals surface area (Å²) >= 11 is 0. The van der Waals surface area contributed by atoms with E-state index in [0.717, 1.165) is 26.0 Å². The highest BCUT2D eigenvalue weighted by Crippen LogP contribution is 2.39. The molecule has 122 valence electrons. The van der Waals surface area contributed by atoms with Crippen LogP contribution >= 0.6 is 0 Å². The molecule has 4 rings (SSSR count). The number of benzene rings is 2. The second kappa shape index (κ2) is 6.23. The second-order valence-electron chi connectivity index (χ2n) is 6.87. The van der Waals surface area contributed by atoms with Crippen molar-refractivity contribution in [1.82, 2.24) is 5.32 Å². The molecule has 1 saturated carbocycles. The van der Waals surface area contributed by atoms with Crippen molar-refractivity contribution in [2.24, 2.45) is 0 Å². The molecule has 1 aliphatic carbocycles. The van der Waals surface area contributed by atoms with E-state index < -0.39 is 0 Å². The Kier molecular flexibility index (Phi) is 4.10. The van der Waals surface area contributed by atoms with Gasteiger partial charge in [0.25, 0.3) is 0 Å². The molecular formula is C20H25NO2. The van der Waals surface area contributed by atoms with Crippen molar-refractivity contribution < 1.29 is 9.47 Å². The molecule has 1 spiro atoms. The Bertz CT molecular complexity index is 673. The van der Waals surface area contributed by atoms with Crippen LogP contribution in [-0.2, 0) is 9.47 Å². The molecule has 0 amide bonds. The summed E-state index contributed by atoms with van der Waals surface area (Å²) in [5.41, 5.74) is 1.34. The van der Waals surface area contributed by atoms with Crippen molar-refractivity contribution >= 4 is 10.8 Å². The molecule has 23 heavy (non-hydrogen) atoms. The van der Waals surface area contributed by atoms with Crippen LogP contribution < -0.4 is 5.32 Å². The molecule has 0 bridgehead atoms. The summed E-state index contributed by atoms with van der Waals surface area (Å²) in [6, 6.07) is 15.4. The summed E-state index contributed by atoms with van der Waals surface area (Å²) in [4.78, 5) is 0. The van der Waals surface area contributed by atoms with E-state index in [9.17, 15) is 0 Å². The molecule has 1 aliphatic heterocycles. The zero-order valence-electron chi connectivity index (χ0n) is 13.8. The minimum atomic E-state index is -0.255. The first-order valence-electron chi connectivity index (χ1n) is 8.79. The van der Waals surface area contributed by atoms with Crippen molar-refractivity contribution in [1.29, 1.82) is 0 Å². The van der Waals surface area contributed by atoms with Crippen LogP contribution in [-0.4, -0.2) is 25.0 Å². The van der Waals surface area contributed by atoms with Crippen LogP contribution in [0.5, 0.6) is 0 Å². The standard InChI is InChI=1S/C20H25NO2/c1-15(18-10-6-8-16-7-2-3-9-19(16)18)21-13-17-14-22-20(23-17)11-4-5-12-20/h2-3,6-10,15,17,21H,4-5,11-14H2,1H3/t15-,17-/m1/s1. The van der Waals surface area contributed by atoms with Crippen molar-refractivity contribution in [3.05, 3.63) is 48.0 Å². The summed E-state index contributed by atoms with van der Waals surface area (Å²) in [7, 11) is 0. The van der Waals surface area contributed by atoms with Crippen LogP contribution in [0.4, 0.5) is 0 Å². The van der Waals surface area contributed by atoms with E-state index in [4.69, 9.17) is 9.47 Å². The van der Waals surface area contributed by atoms with E-state index in [1.54, 1.807) is 0 Å². The number of hydrogen-bond acceptors (Lipinski definition) is 3. The Hall–Kier alpha value is -1.42. The van der Waals surface area contributed by atoms with Gasteiger partial charge in [0.2, 0.25) is 0 Å². The second-order valence-corrected chi connectivity index (χ2v) is 6.87. The molecule has 1 heterocycles. The van der Waals surface area contributed by atoms with Gasteiger partial charge >= 0.3 is 0 Å². The molecule has 2 aromatic rings. The zero-order valence-corrected chi connectivity index (χ0v) is 13.8. The van der Waals surface area contributed by atoms with Crippen LogP contribution in [0.3, 0.4) is 0 Å². The lowest BCUT2D eigenvalue weighted by atomic mass is 9.99. The topological polar surface area (TPSA) is 30.5 Å². The smallest absolute Gasteiger partial charge is 0.168 e. The molecule has 0 radical (unpaired) electrons. The Balaban J connectivity index is 1.41. The van der Waals surface area contributed by atoms with Gasteiger partial charge in [0.05, 0.1) is 12.7 Å². The highest BCUT2D eigenvalue weighted by atomic mass is 16.7. The fraction of sp³-hybridized carbons (Fsp3) is 0.500. The Morgan fingerprint density at radius 3 is 2.78 bits per heavy atom.